The molecule has 0 aliphatic heterocycles. The molecule has 0 amide bonds. The maximum atomic E-state index is 12.9. The summed E-state index contributed by atoms with van der Waals surface area (Å²) >= 11 is 0.00288. The van der Waals surface area contributed by atoms with Gasteiger partial charge in [-0.05, 0) is 27.7 Å². The molecule has 0 bridgehead atoms. The Hall–Kier alpha value is -1.25. The van der Waals surface area contributed by atoms with Gasteiger partial charge in [0.2, 0.25) is 5.13 Å². The molecule has 0 radical (unpaired) electrons. The van der Waals surface area contributed by atoms with Crippen molar-refractivity contribution in [3.8, 4) is 5.13 Å². The summed E-state index contributed by atoms with van der Waals surface area (Å²) in [5.41, 5.74) is 0.648. The van der Waals surface area contributed by atoms with Crippen molar-refractivity contribution >= 4 is 28.4 Å². The highest BCUT2D eigenvalue weighted by atomic mass is 32.2. The van der Waals surface area contributed by atoms with Crippen molar-refractivity contribution in [2.24, 2.45) is 4.40 Å². The molecule has 1 atom stereocenters. The molecule has 0 unspecified atom stereocenters. The molecular weight excluding hydrogens is 299 g/mol. The van der Waals surface area contributed by atoms with Gasteiger partial charge in [-0.25, -0.2) is 14.1 Å². The summed E-state index contributed by atoms with van der Waals surface area (Å²) in [6.07, 6.45) is 4.00. The molecule has 0 aliphatic carbocycles. The van der Waals surface area contributed by atoms with E-state index in [0.717, 1.165) is 11.1 Å². The first-order valence-corrected chi connectivity index (χ1v) is 7.84. The van der Waals surface area contributed by atoms with Crippen LogP contribution in [0.5, 0.6) is 0 Å². The average Bonchev–Trinajstić information content (AvgIpc) is 2.95. The molecule has 5 nitrogen and oxygen atoms in total. The van der Waals surface area contributed by atoms with E-state index < -0.39 is 21.9 Å². The van der Waals surface area contributed by atoms with Gasteiger partial charge in [0.05, 0.1) is 17.3 Å². The fourth-order valence-electron chi connectivity index (χ4n) is 1.25. The predicted molar refractivity (Wildman–Crippen MR) is 79.3 cm³/mol. The zero-order valence-corrected chi connectivity index (χ0v) is 13.3. The Bertz CT molecular complexity index is 629. The molecule has 0 N–H and O–H groups in total. The van der Waals surface area contributed by atoms with E-state index in [2.05, 4.69) is 14.5 Å². The molecule has 0 fully saturated rings. The first kappa shape index (κ1) is 15.1. The Kier molecular flexibility index (Phi) is 4.26. The number of hydrogen-bond donors (Lipinski definition) is 0. The number of rotatable bonds is 3. The van der Waals surface area contributed by atoms with Gasteiger partial charge < -0.3 is 4.55 Å². The fraction of sp³-hybridized carbons (Fsp3) is 0.417. The minimum Gasteiger partial charge on any atom is -0.591 e. The van der Waals surface area contributed by atoms with Crippen LogP contribution in [0.4, 0.5) is 4.39 Å². The van der Waals surface area contributed by atoms with Gasteiger partial charge in [-0.2, -0.15) is 5.10 Å². The van der Waals surface area contributed by atoms with Crippen molar-refractivity contribution in [2.75, 3.05) is 0 Å². The van der Waals surface area contributed by atoms with Crippen LogP contribution in [0.25, 0.3) is 5.13 Å². The predicted octanol–water partition coefficient (Wildman–Crippen LogP) is 2.74. The lowest BCUT2D eigenvalue weighted by Gasteiger charge is -2.18. The Balaban J connectivity index is 2.22. The Morgan fingerprint density at radius 2 is 2.15 bits per heavy atom. The van der Waals surface area contributed by atoms with Gasteiger partial charge in [0.15, 0.2) is 5.82 Å². The fourth-order valence-corrected chi connectivity index (χ4v) is 2.72. The Morgan fingerprint density at radius 3 is 2.70 bits per heavy atom. The SMILES string of the molecule is C/C(=N\[S@+]([O-])C(C)(C)C)c1cnc(-n2cc(F)cn2)s1. The summed E-state index contributed by atoms with van der Waals surface area (Å²) in [4.78, 5) is 4.95. The van der Waals surface area contributed by atoms with Crippen molar-refractivity contribution in [1.82, 2.24) is 14.8 Å². The maximum Gasteiger partial charge on any atom is 0.210 e. The van der Waals surface area contributed by atoms with Gasteiger partial charge >= 0.3 is 0 Å². The number of nitrogens with zero attached hydrogens (tertiary/aromatic N) is 4. The third-order valence-electron chi connectivity index (χ3n) is 2.34. The lowest BCUT2D eigenvalue weighted by molar-refractivity contribution is 0.561. The Morgan fingerprint density at radius 1 is 1.45 bits per heavy atom. The van der Waals surface area contributed by atoms with E-state index in [1.165, 1.54) is 22.2 Å². The van der Waals surface area contributed by atoms with Crippen LogP contribution in [0.1, 0.15) is 32.6 Å². The first-order chi connectivity index (χ1) is 9.27. The molecule has 20 heavy (non-hydrogen) atoms. The van der Waals surface area contributed by atoms with Crippen LogP contribution in [-0.4, -0.2) is 29.8 Å². The summed E-state index contributed by atoms with van der Waals surface area (Å²) < 4.78 is 30.0. The largest absolute Gasteiger partial charge is 0.591 e. The van der Waals surface area contributed by atoms with Gasteiger partial charge in [-0.15, -0.1) is 0 Å². The number of halogens is 1. The summed E-state index contributed by atoms with van der Waals surface area (Å²) in [6.45, 7) is 7.38. The second kappa shape index (κ2) is 5.63. The summed E-state index contributed by atoms with van der Waals surface area (Å²) in [6, 6.07) is 0. The van der Waals surface area contributed by atoms with E-state index in [-0.39, 0.29) is 0 Å². The van der Waals surface area contributed by atoms with Crippen LogP contribution in [-0.2, 0) is 11.4 Å². The van der Waals surface area contributed by atoms with Crippen LogP contribution in [0, 0.1) is 5.82 Å². The molecule has 2 rings (SSSR count). The monoisotopic (exact) mass is 314 g/mol. The van der Waals surface area contributed by atoms with Crippen LogP contribution < -0.4 is 0 Å². The minimum atomic E-state index is -1.31. The zero-order valence-electron chi connectivity index (χ0n) is 11.6. The quantitative estimate of drug-likeness (QED) is 0.646. The number of aromatic nitrogens is 3. The molecule has 0 saturated carbocycles. The molecule has 0 spiro atoms. The second-order valence-electron chi connectivity index (χ2n) is 5.15. The normalized spacial score (nSPS) is 14.6. The first-order valence-electron chi connectivity index (χ1n) is 5.91. The van der Waals surface area contributed by atoms with Crippen LogP contribution in [0.15, 0.2) is 23.0 Å². The van der Waals surface area contributed by atoms with Gasteiger partial charge in [-0.3, -0.25) is 0 Å². The molecular formula is C12H15FN4OS2. The van der Waals surface area contributed by atoms with Crippen molar-refractivity contribution < 1.29 is 8.94 Å². The summed E-state index contributed by atoms with van der Waals surface area (Å²) in [5.74, 6) is -0.416. The molecule has 2 heterocycles. The topological polar surface area (TPSA) is 66.1 Å². The molecule has 2 aromatic rings. The highest BCUT2D eigenvalue weighted by Gasteiger charge is 2.27. The van der Waals surface area contributed by atoms with E-state index in [9.17, 15) is 8.94 Å². The smallest absolute Gasteiger partial charge is 0.210 e. The van der Waals surface area contributed by atoms with E-state index in [4.69, 9.17) is 0 Å². The van der Waals surface area contributed by atoms with Crippen LogP contribution in [0.3, 0.4) is 0 Å². The standard InChI is InChI=1S/C12H15FN4OS2/c1-8(16-20(18)12(2,3)4)10-6-14-11(19-10)17-7-9(13)5-15-17/h5-7H,1-4H3/b16-8+/t20-/m1/s1. The molecule has 0 aromatic carbocycles. The average molecular weight is 314 g/mol. The highest BCUT2D eigenvalue weighted by molar-refractivity contribution is 7.91. The lowest BCUT2D eigenvalue weighted by Crippen LogP contribution is -2.26. The minimum absolute atomic E-state index is 0.403. The third kappa shape index (κ3) is 3.44. The zero-order chi connectivity index (χ0) is 14.9. The Labute approximate surface area is 123 Å². The van der Waals surface area contributed by atoms with Crippen molar-refractivity contribution in [1.29, 1.82) is 0 Å². The highest BCUT2D eigenvalue weighted by Crippen LogP contribution is 2.21. The van der Waals surface area contributed by atoms with E-state index in [1.54, 1.807) is 13.1 Å². The van der Waals surface area contributed by atoms with Crippen molar-refractivity contribution in [3.05, 3.63) is 29.3 Å². The molecule has 0 saturated heterocycles. The number of thiazole rings is 1. The van der Waals surface area contributed by atoms with E-state index in [0.29, 0.717) is 10.8 Å². The van der Waals surface area contributed by atoms with Crippen LogP contribution >= 0.6 is 11.3 Å². The van der Waals surface area contributed by atoms with Crippen LogP contribution in [0.2, 0.25) is 0 Å². The number of hydrogen-bond acceptors (Lipinski definition) is 5. The summed E-state index contributed by atoms with van der Waals surface area (Å²) in [5, 5.41) is 4.39. The van der Waals surface area contributed by atoms with Gasteiger partial charge in [0.1, 0.15) is 21.8 Å². The van der Waals surface area contributed by atoms with Gasteiger partial charge in [0, 0.05) is 6.20 Å². The third-order valence-corrected chi connectivity index (χ3v) is 4.92. The van der Waals surface area contributed by atoms with Crippen molar-refractivity contribution in [3.63, 3.8) is 0 Å². The molecule has 108 valence electrons. The summed E-state index contributed by atoms with van der Waals surface area (Å²) in [7, 11) is 0. The molecule has 2 aromatic heterocycles. The van der Waals surface area contributed by atoms with Gasteiger partial charge in [0.25, 0.3) is 0 Å². The lowest BCUT2D eigenvalue weighted by atomic mass is 10.3. The van der Waals surface area contributed by atoms with Gasteiger partial charge in [-0.1, -0.05) is 15.7 Å². The second-order valence-corrected chi connectivity index (χ2v) is 8.06. The van der Waals surface area contributed by atoms with E-state index >= 15 is 0 Å². The van der Waals surface area contributed by atoms with Crippen molar-refractivity contribution in [2.45, 2.75) is 32.4 Å². The van der Waals surface area contributed by atoms with E-state index in [1.807, 2.05) is 20.8 Å². The molecule has 0 aliphatic rings. The molecule has 8 heteroatoms. The maximum absolute atomic E-state index is 12.9.